The highest BCUT2D eigenvalue weighted by atomic mass is 32.1. The number of hydrogen-bond donors (Lipinski definition) is 1. The first-order valence-electron chi connectivity index (χ1n) is 6.41. The Labute approximate surface area is 125 Å². The fraction of sp³-hybridized carbons (Fsp3) is 0.286. The molecule has 0 bridgehead atoms. The van der Waals surface area contributed by atoms with Crippen LogP contribution < -0.4 is 5.32 Å². The highest BCUT2D eigenvalue weighted by Gasteiger charge is 2.11. The molecule has 0 saturated heterocycles. The first-order chi connectivity index (χ1) is 9.72. The van der Waals surface area contributed by atoms with Crippen molar-refractivity contribution in [1.82, 2.24) is 9.97 Å². The molecule has 0 radical (unpaired) electrons. The largest absolute Gasteiger partial charge is 0.462 e. The molecule has 0 saturated carbocycles. The Morgan fingerprint density at radius 1 is 1.20 bits per heavy atom. The fourth-order valence-corrected chi connectivity index (χ4v) is 3.16. The minimum Gasteiger partial charge on any atom is -0.462 e. The van der Waals surface area contributed by atoms with Gasteiger partial charge in [0, 0.05) is 17.3 Å². The summed E-state index contributed by atoms with van der Waals surface area (Å²) in [6.07, 6.45) is 1.66. The van der Waals surface area contributed by atoms with Crippen molar-refractivity contribution >= 4 is 27.8 Å². The molecule has 3 rings (SSSR count). The van der Waals surface area contributed by atoms with Crippen LogP contribution in [-0.2, 0) is 0 Å². The predicted molar refractivity (Wildman–Crippen MR) is 84.3 cm³/mol. The maximum Gasteiger partial charge on any atom is 0.183 e. The maximum absolute atomic E-state index is 5.36. The van der Waals surface area contributed by atoms with Crippen molar-refractivity contribution in [1.29, 1.82) is 0 Å². The van der Waals surface area contributed by atoms with Crippen molar-refractivity contribution in [2.24, 2.45) is 5.92 Å². The van der Waals surface area contributed by atoms with Gasteiger partial charge in [0.25, 0.3) is 0 Å². The van der Waals surface area contributed by atoms with Gasteiger partial charge in [-0.2, -0.15) is 0 Å². The summed E-state index contributed by atoms with van der Waals surface area (Å²) in [5.41, 5.74) is 1.81. The zero-order chi connectivity index (χ0) is 13.9. The van der Waals surface area contributed by atoms with Gasteiger partial charge in [0.2, 0.25) is 0 Å². The average molecular weight is 305 g/mol. The van der Waals surface area contributed by atoms with Gasteiger partial charge in [0.05, 0.1) is 6.26 Å². The van der Waals surface area contributed by atoms with Gasteiger partial charge in [0.15, 0.2) is 15.9 Å². The minimum atomic E-state index is 0.604. The lowest BCUT2D eigenvalue weighted by molar-refractivity contribution is 0.582. The molecule has 104 valence electrons. The van der Waals surface area contributed by atoms with Crippen LogP contribution >= 0.6 is 22.7 Å². The van der Waals surface area contributed by atoms with Gasteiger partial charge in [-0.3, -0.25) is 0 Å². The quantitative estimate of drug-likeness (QED) is 0.748. The Bertz CT molecular complexity index is 670. The number of thiazole rings is 2. The molecule has 4 nitrogen and oxygen atoms in total. The molecular formula is C14H15N3OS2. The van der Waals surface area contributed by atoms with Gasteiger partial charge in [-0.1, -0.05) is 13.8 Å². The van der Waals surface area contributed by atoms with Gasteiger partial charge in [-0.25, -0.2) is 9.97 Å². The van der Waals surface area contributed by atoms with Crippen molar-refractivity contribution in [3.05, 3.63) is 29.2 Å². The van der Waals surface area contributed by atoms with Crippen LogP contribution in [0.4, 0.5) is 5.13 Å². The molecule has 3 aromatic rings. The topological polar surface area (TPSA) is 51.0 Å². The molecule has 0 aliphatic carbocycles. The molecule has 3 heterocycles. The first kappa shape index (κ1) is 13.3. The van der Waals surface area contributed by atoms with Gasteiger partial charge in [0.1, 0.15) is 11.4 Å². The molecule has 6 heteroatoms. The number of nitrogens with one attached hydrogen (secondary N) is 1. The third-order valence-electron chi connectivity index (χ3n) is 2.66. The van der Waals surface area contributed by atoms with Crippen LogP contribution in [0.3, 0.4) is 0 Å². The Morgan fingerprint density at radius 3 is 2.75 bits per heavy atom. The van der Waals surface area contributed by atoms with Gasteiger partial charge in [-0.05, 0) is 18.1 Å². The van der Waals surface area contributed by atoms with E-state index in [0.717, 1.165) is 33.8 Å². The van der Waals surface area contributed by atoms with E-state index in [4.69, 9.17) is 4.42 Å². The number of rotatable bonds is 5. The average Bonchev–Trinajstić information content (AvgIpc) is 3.15. The third kappa shape index (κ3) is 2.91. The van der Waals surface area contributed by atoms with E-state index in [2.05, 4.69) is 29.1 Å². The number of aromatic nitrogens is 2. The van der Waals surface area contributed by atoms with Gasteiger partial charge >= 0.3 is 0 Å². The second kappa shape index (κ2) is 5.76. The van der Waals surface area contributed by atoms with Crippen molar-refractivity contribution in [3.8, 4) is 22.2 Å². The smallest absolute Gasteiger partial charge is 0.183 e. The van der Waals surface area contributed by atoms with Crippen LogP contribution in [-0.4, -0.2) is 16.5 Å². The summed E-state index contributed by atoms with van der Waals surface area (Å²) in [5, 5.41) is 9.21. The summed E-state index contributed by atoms with van der Waals surface area (Å²) >= 11 is 3.18. The lowest BCUT2D eigenvalue weighted by Gasteiger charge is -2.04. The molecule has 0 fully saturated rings. The number of hydrogen-bond acceptors (Lipinski definition) is 6. The van der Waals surface area contributed by atoms with E-state index in [1.165, 1.54) is 0 Å². The van der Waals surface area contributed by atoms with Crippen molar-refractivity contribution < 1.29 is 4.42 Å². The molecule has 3 aromatic heterocycles. The van der Waals surface area contributed by atoms with E-state index in [1.54, 1.807) is 28.9 Å². The second-order valence-corrected chi connectivity index (χ2v) is 6.54. The number of anilines is 1. The molecule has 0 unspecified atom stereocenters. The standard InChI is InChI=1S/C14H15N3OS2/c1-9(2)6-15-14-17-11(8-20-14)10-7-19-13(16-10)12-4-3-5-18-12/h3-5,7-9H,6H2,1-2H3,(H,15,17). The van der Waals surface area contributed by atoms with Crippen LogP contribution in [0.15, 0.2) is 33.6 Å². The zero-order valence-corrected chi connectivity index (χ0v) is 12.9. The normalized spacial score (nSPS) is 11.2. The van der Waals surface area contributed by atoms with Crippen LogP contribution in [0.25, 0.3) is 22.2 Å². The summed E-state index contributed by atoms with van der Waals surface area (Å²) in [5.74, 6) is 1.40. The van der Waals surface area contributed by atoms with E-state index < -0.39 is 0 Å². The molecule has 0 spiro atoms. The summed E-state index contributed by atoms with van der Waals surface area (Å²) < 4.78 is 5.36. The summed E-state index contributed by atoms with van der Waals surface area (Å²) in [7, 11) is 0. The SMILES string of the molecule is CC(C)CNc1nc(-c2csc(-c3ccco3)n2)cs1. The molecule has 0 aromatic carbocycles. The predicted octanol–water partition coefficient (Wildman–Crippen LogP) is 4.59. The fourth-order valence-electron chi connectivity index (χ4n) is 1.67. The Hall–Kier alpha value is -1.66. The summed E-state index contributed by atoms with van der Waals surface area (Å²) in [6.45, 7) is 5.29. The van der Waals surface area contributed by atoms with Crippen molar-refractivity contribution in [2.75, 3.05) is 11.9 Å². The second-order valence-electron chi connectivity index (χ2n) is 4.83. The Morgan fingerprint density at radius 2 is 2.00 bits per heavy atom. The van der Waals surface area contributed by atoms with E-state index >= 15 is 0 Å². The Balaban J connectivity index is 1.76. The molecule has 1 N–H and O–H groups in total. The highest BCUT2D eigenvalue weighted by Crippen LogP contribution is 2.30. The zero-order valence-electron chi connectivity index (χ0n) is 11.3. The molecule has 0 amide bonds. The van der Waals surface area contributed by atoms with Crippen molar-refractivity contribution in [3.63, 3.8) is 0 Å². The molecular weight excluding hydrogens is 290 g/mol. The van der Waals surface area contributed by atoms with Gasteiger partial charge in [-0.15, -0.1) is 22.7 Å². The molecule has 20 heavy (non-hydrogen) atoms. The van der Waals surface area contributed by atoms with Crippen LogP contribution in [0, 0.1) is 5.92 Å². The maximum atomic E-state index is 5.36. The molecule has 0 aliphatic rings. The monoisotopic (exact) mass is 305 g/mol. The van der Waals surface area contributed by atoms with E-state index in [9.17, 15) is 0 Å². The lowest BCUT2D eigenvalue weighted by atomic mass is 10.2. The van der Waals surface area contributed by atoms with Crippen LogP contribution in [0.2, 0.25) is 0 Å². The molecule has 0 aliphatic heterocycles. The summed E-state index contributed by atoms with van der Waals surface area (Å²) in [4.78, 5) is 9.14. The Kier molecular flexibility index (Phi) is 3.84. The van der Waals surface area contributed by atoms with Crippen LogP contribution in [0.5, 0.6) is 0 Å². The van der Waals surface area contributed by atoms with Crippen LogP contribution in [0.1, 0.15) is 13.8 Å². The van der Waals surface area contributed by atoms with Gasteiger partial charge < -0.3 is 9.73 Å². The van der Waals surface area contributed by atoms with E-state index in [1.807, 2.05) is 22.9 Å². The third-order valence-corrected chi connectivity index (χ3v) is 4.32. The lowest BCUT2D eigenvalue weighted by Crippen LogP contribution is -2.07. The number of furan rings is 1. The minimum absolute atomic E-state index is 0.604. The first-order valence-corrected chi connectivity index (χ1v) is 8.17. The van der Waals surface area contributed by atoms with Crippen molar-refractivity contribution in [2.45, 2.75) is 13.8 Å². The molecule has 0 atom stereocenters. The van der Waals surface area contributed by atoms with E-state index in [0.29, 0.717) is 5.92 Å². The highest BCUT2D eigenvalue weighted by molar-refractivity contribution is 7.14. The van der Waals surface area contributed by atoms with E-state index in [-0.39, 0.29) is 0 Å². The summed E-state index contributed by atoms with van der Waals surface area (Å²) in [6, 6.07) is 3.78. The number of nitrogens with zero attached hydrogens (tertiary/aromatic N) is 2.